The molecule has 0 bridgehead atoms. The first-order valence-corrected chi connectivity index (χ1v) is 7.82. The molecule has 0 spiro atoms. The molecule has 0 unspecified atom stereocenters. The average molecular weight is 311 g/mol. The zero-order valence-electron chi connectivity index (χ0n) is 11.1. The standard InChI is InChI=1S/C13H14FN3OS2/c1-8(10-3-5-11(14)6-4-10)15-12(18)7-19-13-17-16-9(2)20-13/h3-6,8H,7H2,1-2H3,(H,15,18)/t8-/m1/s1. The summed E-state index contributed by atoms with van der Waals surface area (Å²) >= 11 is 2.83. The van der Waals surface area contributed by atoms with E-state index in [1.54, 1.807) is 12.1 Å². The van der Waals surface area contributed by atoms with Crippen LogP contribution in [-0.2, 0) is 4.79 Å². The molecule has 20 heavy (non-hydrogen) atoms. The van der Waals surface area contributed by atoms with Crippen LogP contribution in [0.3, 0.4) is 0 Å². The molecule has 0 aliphatic carbocycles. The second-order valence-corrected chi connectivity index (χ2v) is 6.62. The average Bonchev–Trinajstić information content (AvgIpc) is 2.83. The Balaban J connectivity index is 1.83. The number of hydrogen-bond acceptors (Lipinski definition) is 5. The molecule has 4 nitrogen and oxygen atoms in total. The molecule has 2 aromatic rings. The molecule has 1 heterocycles. The van der Waals surface area contributed by atoms with E-state index in [1.165, 1.54) is 35.2 Å². The zero-order valence-corrected chi connectivity index (χ0v) is 12.7. The molecule has 0 saturated carbocycles. The number of rotatable bonds is 5. The van der Waals surface area contributed by atoms with Gasteiger partial charge in [0.15, 0.2) is 4.34 Å². The van der Waals surface area contributed by atoms with Crippen LogP contribution in [0.2, 0.25) is 0 Å². The third-order valence-electron chi connectivity index (χ3n) is 2.58. The topological polar surface area (TPSA) is 54.9 Å². The van der Waals surface area contributed by atoms with Gasteiger partial charge >= 0.3 is 0 Å². The van der Waals surface area contributed by atoms with E-state index < -0.39 is 0 Å². The van der Waals surface area contributed by atoms with E-state index in [-0.39, 0.29) is 17.8 Å². The summed E-state index contributed by atoms with van der Waals surface area (Å²) in [4.78, 5) is 11.8. The van der Waals surface area contributed by atoms with Crippen LogP contribution in [-0.4, -0.2) is 21.9 Å². The Morgan fingerprint density at radius 1 is 1.40 bits per heavy atom. The van der Waals surface area contributed by atoms with Gasteiger partial charge in [-0.15, -0.1) is 10.2 Å². The largest absolute Gasteiger partial charge is 0.349 e. The Hall–Kier alpha value is -1.47. The van der Waals surface area contributed by atoms with E-state index in [0.717, 1.165) is 14.9 Å². The third kappa shape index (κ3) is 4.28. The minimum atomic E-state index is -0.283. The molecule has 0 aliphatic heterocycles. The van der Waals surface area contributed by atoms with Gasteiger partial charge in [-0.2, -0.15) is 0 Å². The first-order valence-electron chi connectivity index (χ1n) is 6.02. The van der Waals surface area contributed by atoms with Crippen LogP contribution in [0.1, 0.15) is 23.5 Å². The fourth-order valence-corrected chi connectivity index (χ4v) is 3.21. The highest BCUT2D eigenvalue weighted by Crippen LogP contribution is 2.21. The molecule has 2 rings (SSSR count). The molecular weight excluding hydrogens is 297 g/mol. The molecule has 0 radical (unpaired) electrons. The Labute approximate surface area is 124 Å². The summed E-state index contributed by atoms with van der Waals surface area (Å²) in [5.74, 6) is -0.0747. The molecule has 1 amide bonds. The number of thioether (sulfide) groups is 1. The molecule has 1 atom stereocenters. The van der Waals surface area contributed by atoms with Crippen molar-refractivity contribution in [3.05, 3.63) is 40.7 Å². The third-order valence-corrected chi connectivity index (χ3v) is 4.55. The Kier molecular flexibility index (Phi) is 5.08. The lowest BCUT2D eigenvalue weighted by molar-refractivity contribution is -0.119. The summed E-state index contributed by atoms with van der Waals surface area (Å²) in [6.45, 7) is 3.74. The van der Waals surface area contributed by atoms with Gasteiger partial charge in [0.2, 0.25) is 5.91 Å². The first-order chi connectivity index (χ1) is 9.54. The molecule has 0 aliphatic rings. The molecule has 106 valence electrons. The lowest BCUT2D eigenvalue weighted by Gasteiger charge is -2.13. The van der Waals surface area contributed by atoms with Gasteiger partial charge in [-0.25, -0.2) is 4.39 Å². The fraction of sp³-hybridized carbons (Fsp3) is 0.308. The lowest BCUT2D eigenvalue weighted by atomic mass is 10.1. The minimum absolute atomic E-state index is 0.0836. The SMILES string of the molecule is Cc1nnc(SCC(=O)N[C@H](C)c2ccc(F)cc2)s1. The summed E-state index contributed by atoms with van der Waals surface area (Å²) in [6, 6.07) is 5.95. The maximum absolute atomic E-state index is 12.8. The Morgan fingerprint density at radius 3 is 2.70 bits per heavy atom. The van der Waals surface area contributed by atoms with Gasteiger partial charge in [-0.3, -0.25) is 4.79 Å². The number of hydrogen-bond donors (Lipinski definition) is 1. The highest BCUT2D eigenvalue weighted by atomic mass is 32.2. The second kappa shape index (κ2) is 6.81. The van der Waals surface area contributed by atoms with Crippen LogP contribution in [0, 0.1) is 12.7 Å². The fourth-order valence-electron chi connectivity index (χ4n) is 1.58. The summed E-state index contributed by atoms with van der Waals surface area (Å²) in [7, 11) is 0. The van der Waals surface area contributed by atoms with Crippen molar-refractivity contribution in [3.63, 3.8) is 0 Å². The number of halogens is 1. The van der Waals surface area contributed by atoms with E-state index in [4.69, 9.17) is 0 Å². The first kappa shape index (κ1) is 14.9. The van der Waals surface area contributed by atoms with E-state index in [2.05, 4.69) is 15.5 Å². The van der Waals surface area contributed by atoms with Gasteiger partial charge in [0, 0.05) is 0 Å². The predicted molar refractivity (Wildman–Crippen MR) is 78.3 cm³/mol. The number of carbonyl (C=O) groups excluding carboxylic acids is 1. The van der Waals surface area contributed by atoms with Crippen LogP contribution >= 0.6 is 23.1 Å². The quantitative estimate of drug-likeness (QED) is 0.863. The van der Waals surface area contributed by atoms with Crippen molar-refractivity contribution in [1.29, 1.82) is 0 Å². The van der Waals surface area contributed by atoms with E-state index in [9.17, 15) is 9.18 Å². The number of benzene rings is 1. The normalized spacial score (nSPS) is 12.2. The number of aryl methyl sites for hydroxylation is 1. The van der Waals surface area contributed by atoms with Crippen LogP contribution in [0.4, 0.5) is 4.39 Å². The van der Waals surface area contributed by atoms with Gasteiger partial charge in [0.05, 0.1) is 11.8 Å². The minimum Gasteiger partial charge on any atom is -0.349 e. The molecule has 1 aromatic carbocycles. The van der Waals surface area contributed by atoms with Gasteiger partial charge in [-0.1, -0.05) is 35.2 Å². The van der Waals surface area contributed by atoms with E-state index in [0.29, 0.717) is 5.75 Å². The molecule has 0 saturated heterocycles. The highest BCUT2D eigenvalue weighted by Gasteiger charge is 2.11. The maximum Gasteiger partial charge on any atom is 0.230 e. The van der Waals surface area contributed by atoms with Crippen molar-refractivity contribution in [3.8, 4) is 0 Å². The smallest absolute Gasteiger partial charge is 0.230 e. The number of nitrogens with zero attached hydrogens (tertiary/aromatic N) is 2. The summed E-state index contributed by atoms with van der Waals surface area (Å²) in [5, 5.41) is 11.6. The molecule has 1 N–H and O–H groups in total. The monoisotopic (exact) mass is 311 g/mol. The molecule has 0 fully saturated rings. The number of aromatic nitrogens is 2. The van der Waals surface area contributed by atoms with Gasteiger partial charge in [-0.05, 0) is 31.5 Å². The van der Waals surface area contributed by atoms with Crippen LogP contribution in [0.25, 0.3) is 0 Å². The Morgan fingerprint density at radius 2 is 2.10 bits per heavy atom. The predicted octanol–water partition coefficient (Wildman–Crippen LogP) is 2.96. The molecule has 7 heteroatoms. The summed E-state index contributed by atoms with van der Waals surface area (Å²) in [5.41, 5.74) is 0.872. The lowest BCUT2D eigenvalue weighted by Crippen LogP contribution is -2.28. The maximum atomic E-state index is 12.8. The van der Waals surface area contributed by atoms with Crippen molar-refractivity contribution in [2.45, 2.75) is 24.2 Å². The Bertz CT molecular complexity index is 586. The van der Waals surface area contributed by atoms with Gasteiger partial charge in [0.1, 0.15) is 10.8 Å². The van der Waals surface area contributed by atoms with Crippen molar-refractivity contribution < 1.29 is 9.18 Å². The molecule has 1 aromatic heterocycles. The highest BCUT2D eigenvalue weighted by molar-refractivity contribution is 8.01. The van der Waals surface area contributed by atoms with Gasteiger partial charge < -0.3 is 5.32 Å². The van der Waals surface area contributed by atoms with Crippen molar-refractivity contribution in [1.82, 2.24) is 15.5 Å². The van der Waals surface area contributed by atoms with Crippen molar-refractivity contribution >= 4 is 29.0 Å². The van der Waals surface area contributed by atoms with E-state index >= 15 is 0 Å². The van der Waals surface area contributed by atoms with Gasteiger partial charge in [0.25, 0.3) is 0 Å². The number of carbonyl (C=O) groups is 1. The van der Waals surface area contributed by atoms with E-state index in [1.807, 2.05) is 13.8 Å². The zero-order chi connectivity index (χ0) is 14.5. The van der Waals surface area contributed by atoms with Crippen LogP contribution < -0.4 is 5.32 Å². The summed E-state index contributed by atoms with van der Waals surface area (Å²) < 4.78 is 13.6. The number of nitrogens with one attached hydrogen (secondary N) is 1. The van der Waals surface area contributed by atoms with Crippen molar-refractivity contribution in [2.24, 2.45) is 0 Å². The van der Waals surface area contributed by atoms with Crippen molar-refractivity contribution in [2.75, 3.05) is 5.75 Å². The van der Waals surface area contributed by atoms with Crippen LogP contribution in [0.15, 0.2) is 28.6 Å². The number of amides is 1. The van der Waals surface area contributed by atoms with Crippen LogP contribution in [0.5, 0.6) is 0 Å². The second-order valence-electron chi connectivity index (χ2n) is 4.22. The molecular formula is C13H14FN3OS2. The summed E-state index contributed by atoms with van der Waals surface area (Å²) in [6.07, 6.45) is 0.